The highest BCUT2D eigenvalue weighted by Gasteiger charge is 2.08. The molecule has 1 heterocycles. The quantitative estimate of drug-likeness (QED) is 0.669. The van der Waals surface area contributed by atoms with Crippen LogP contribution in [0.5, 0.6) is 11.5 Å². The zero-order valence-electron chi connectivity index (χ0n) is 13.0. The Balaban J connectivity index is 1.63. The van der Waals surface area contributed by atoms with E-state index in [-0.39, 0.29) is 0 Å². The van der Waals surface area contributed by atoms with Crippen LogP contribution < -0.4 is 4.74 Å². The molecule has 0 aliphatic heterocycles. The molecule has 0 saturated heterocycles. The molecular formula is C19H19ClN2O. The van der Waals surface area contributed by atoms with Gasteiger partial charge in [0, 0.05) is 23.8 Å². The number of H-pyrrole nitrogens is 1. The Morgan fingerprint density at radius 1 is 1.09 bits per heavy atom. The summed E-state index contributed by atoms with van der Waals surface area (Å²) in [6.45, 7) is 2.23. The smallest absolute Gasteiger partial charge is 0.127 e. The van der Waals surface area contributed by atoms with Crippen LogP contribution in [0.2, 0.25) is 5.02 Å². The maximum absolute atomic E-state index is 5.89. The van der Waals surface area contributed by atoms with E-state index < -0.39 is 0 Å². The van der Waals surface area contributed by atoms with Crippen LogP contribution in [0.15, 0.2) is 60.9 Å². The van der Waals surface area contributed by atoms with Gasteiger partial charge in [-0.15, -0.1) is 0 Å². The van der Waals surface area contributed by atoms with Crippen molar-refractivity contribution in [2.45, 2.75) is 19.8 Å². The number of imidazole rings is 1. The molecule has 0 spiro atoms. The first kappa shape index (κ1) is 15.6. The van der Waals surface area contributed by atoms with E-state index in [0.717, 1.165) is 30.2 Å². The van der Waals surface area contributed by atoms with Crippen molar-refractivity contribution in [3.8, 4) is 11.5 Å². The Bertz CT molecular complexity index is 738. The number of rotatable bonds is 6. The Labute approximate surface area is 141 Å². The first-order valence-electron chi connectivity index (χ1n) is 7.69. The third-order valence-corrected chi connectivity index (χ3v) is 3.88. The van der Waals surface area contributed by atoms with E-state index >= 15 is 0 Å². The van der Waals surface area contributed by atoms with Crippen LogP contribution in [0.25, 0.3) is 0 Å². The maximum Gasteiger partial charge on any atom is 0.127 e. The van der Waals surface area contributed by atoms with Crippen molar-refractivity contribution in [3.05, 3.63) is 77.3 Å². The van der Waals surface area contributed by atoms with Crippen LogP contribution >= 0.6 is 11.6 Å². The van der Waals surface area contributed by atoms with Gasteiger partial charge in [0.1, 0.15) is 17.3 Å². The van der Waals surface area contributed by atoms with Gasteiger partial charge >= 0.3 is 0 Å². The van der Waals surface area contributed by atoms with Crippen molar-refractivity contribution in [1.29, 1.82) is 0 Å². The third kappa shape index (κ3) is 4.60. The number of aromatic nitrogens is 2. The molecule has 1 atom stereocenters. The van der Waals surface area contributed by atoms with E-state index in [4.69, 9.17) is 16.3 Å². The predicted molar refractivity (Wildman–Crippen MR) is 93.1 cm³/mol. The molecule has 0 fully saturated rings. The Morgan fingerprint density at radius 2 is 1.91 bits per heavy atom. The molecule has 0 bridgehead atoms. The van der Waals surface area contributed by atoms with Crippen LogP contribution in [0.3, 0.4) is 0 Å². The van der Waals surface area contributed by atoms with Crippen molar-refractivity contribution in [3.63, 3.8) is 0 Å². The lowest BCUT2D eigenvalue weighted by Gasteiger charge is -2.12. The molecule has 0 aliphatic carbocycles. The minimum atomic E-state index is 0.506. The Hall–Kier alpha value is -2.26. The Kier molecular flexibility index (Phi) is 4.99. The topological polar surface area (TPSA) is 37.9 Å². The summed E-state index contributed by atoms with van der Waals surface area (Å²) in [4.78, 5) is 7.44. The van der Waals surface area contributed by atoms with Crippen LogP contribution in [-0.2, 0) is 12.8 Å². The lowest BCUT2D eigenvalue weighted by atomic mass is 9.98. The highest BCUT2D eigenvalue weighted by molar-refractivity contribution is 6.30. The molecule has 23 heavy (non-hydrogen) atoms. The molecule has 2 aromatic carbocycles. The van der Waals surface area contributed by atoms with Crippen molar-refractivity contribution in [2.24, 2.45) is 5.92 Å². The summed E-state index contributed by atoms with van der Waals surface area (Å²) in [7, 11) is 0. The van der Waals surface area contributed by atoms with Crippen LogP contribution in [0.1, 0.15) is 18.3 Å². The van der Waals surface area contributed by atoms with Crippen LogP contribution in [0.4, 0.5) is 0 Å². The van der Waals surface area contributed by atoms with Gasteiger partial charge in [0.25, 0.3) is 0 Å². The average molecular weight is 327 g/mol. The predicted octanol–water partition coefficient (Wildman–Crippen LogP) is 5.28. The summed E-state index contributed by atoms with van der Waals surface area (Å²) in [5.74, 6) is 3.17. The monoisotopic (exact) mass is 326 g/mol. The number of hydrogen-bond acceptors (Lipinski definition) is 2. The summed E-state index contributed by atoms with van der Waals surface area (Å²) in [5.41, 5.74) is 1.26. The molecule has 3 aromatic rings. The second kappa shape index (κ2) is 7.34. The van der Waals surface area contributed by atoms with E-state index in [1.54, 1.807) is 6.20 Å². The highest BCUT2D eigenvalue weighted by Crippen LogP contribution is 2.25. The molecule has 1 aromatic heterocycles. The number of benzene rings is 2. The maximum atomic E-state index is 5.89. The number of nitrogens with one attached hydrogen (secondary N) is 1. The van der Waals surface area contributed by atoms with Gasteiger partial charge in [-0.3, -0.25) is 0 Å². The van der Waals surface area contributed by atoms with Gasteiger partial charge in [-0.05, 0) is 54.3 Å². The van der Waals surface area contributed by atoms with Gasteiger partial charge in [-0.1, -0.05) is 30.7 Å². The number of nitrogens with zero attached hydrogens (tertiary/aromatic N) is 1. The van der Waals surface area contributed by atoms with Crippen molar-refractivity contribution >= 4 is 11.6 Å². The summed E-state index contributed by atoms with van der Waals surface area (Å²) in [6, 6.07) is 15.6. The van der Waals surface area contributed by atoms with E-state index in [2.05, 4.69) is 29.0 Å². The van der Waals surface area contributed by atoms with Gasteiger partial charge in [-0.2, -0.15) is 0 Å². The SMILES string of the molecule is CC(Cc1cccc(Oc2ccc(Cl)cc2)c1)Cc1ncc[nH]1. The van der Waals surface area contributed by atoms with Crippen molar-refractivity contribution in [2.75, 3.05) is 0 Å². The van der Waals surface area contributed by atoms with Crippen LogP contribution in [0, 0.1) is 5.92 Å². The first-order chi connectivity index (χ1) is 11.2. The lowest BCUT2D eigenvalue weighted by Crippen LogP contribution is -2.05. The van der Waals surface area contributed by atoms with Gasteiger partial charge in [0.05, 0.1) is 0 Å². The Morgan fingerprint density at radius 3 is 2.65 bits per heavy atom. The second-order valence-corrected chi connectivity index (χ2v) is 6.19. The second-order valence-electron chi connectivity index (χ2n) is 5.75. The van der Waals surface area contributed by atoms with Gasteiger partial charge in [0.2, 0.25) is 0 Å². The zero-order chi connectivity index (χ0) is 16.1. The molecule has 3 rings (SSSR count). The number of hydrogen-bond donors (Lipinski definition) is 1. The summed E-state index contributed by atoms with van der Waals surface area (Å²) in [6.07, 6.45) is 5.58. The van der Waals surface area contributed by atoms with E-state index in [1.807, 2.05) is 42.6 Å². The number of ether oxygens (including phenoxy) is 1. The fourth-order valence-corrected chi connectivity index (χ4v) is 2.71. The molecule has 0 radical (unpaired) electrons. The molecule has 0 aliphatic rings. The van der Waals surface area contributed by atoms with Crippen molar-refractivity contribution < 1.29 is 4.74 Å². The molecular weight excluding hydrogens is 308 g/mol. The third-order valence-electron chi connectivity index (χ3n) is 3.63. The van der Waals surface area contributed by atoms with Crippen molar-refractivity contribution in [1.82, 2.24) is 9.97 Å². The number of aromatic amines is 1. The van der Waals surface area contributed by atoms with Gasteiger partial charge in [-0.25, -0.2) is 4.98 Å². The fourth-order valence-electron chi connectivity index (χ4n) is 2.59. The average Bonchev–Trinajstić information content (AvgIpc) is 3.03. The summed E-state index contributed by atoms with van der Waals surface area (Å²) in [5, 5.41) is 0.706. The molecule has 118 valence electrons. The lowest BCUT2D eigenvalue weighted by molar-refractivity contribution is 0.480. The highest BCUT2D eigenvalue weighted by atomic mass is 35.5. The molecule has 1 unspecified atom stereocenters. The molecule has 1 N–H and O–H groups in total. The van der Waals surface area contributed by atoms with E-state index in [0.29, 0.717) is 10.9 Å². The number of halogens is 1. The molecule has 3 nitrogen and oxygen atoms in total. The summed E-state index contributed by atoms with van der Waals surface area (Å²) >= 11 is 5.89. The van der Waals surface area contributed by atoms with Gasteiger partial charge < -0.3 is 9.72 Å². The van der Waals surface area contributed by atoms with Gasteiger partial charge in [0.15, 0.2) is 0 Å². The molecule has 0 saturated carbocycles. The zero-order valence-corrected chi connectivity index (χ0v) is 13.8. The minimum Gasteiger partial charge on any atom is -0.457 e. The summed E-state index contributed by atoms with van der Waals surface area (Å²) < 4.78 is 5.88. The fraction of sp³-hybridized carbons (Fsp3) is 0.211. The molecule has 4 heteroatoms. The largest absolute Gasteiger partial charge is 0.457 e. The first-order valence-corrected chi connectivity index (χ1v) is 8.07. The normalized spacial score (nSPS) is 12.1. The van der Waals surface area contributed by atoms with E-state index in [9.17, 15) is 0 Å². The minimum absolute atomic E-state index is 0.506. The van der Waals surface area contributed by atoms with Crippen LogP contribution in [-0.4, -0.2) is 9.97 Å². The van der Waals surface area contributed by atoms with E-state index in [1.165, 1.54) is 5.56 Å². The molecule has 0 amide bonds. The standard InChI is InChI=1S/C19H19ClN2O/c1-14(12-19-21-9-10-22-19)11-15-3-2-4-18(13-15)23-17-7-5-16(20)6-8-17/h2-10,13-14H,11-12H2,1H3,(H,21,22).